The van der Waals surface area contributed by atoms with E-state index in [-0.39, 0.29) is 45.5 Å². The molecule has 0 radical (unpaired) electrons. The zero-order valence-electron chi connectivity index (χ0n) is 2.64. The molecule has 0 amide bonds. The first-order valence-corrected chi connectivity index (χ1v) is 1.12. The fraction of sp³-hybridized carbons (Fsp3) is 0. The summed E-state index contributed by atoms with van der Waals surface area (Å²) in [5.41, 5.74) is 0. The third-order valence-corrected chi connectivity index (χ3v) is 0.175. The zero-order chi connectivity index (χ0) is 4.28. The van der Waals surface area contributed by atoms with Gasteiger partial charge >= 0.3 is 51.5 Å². The zero-order valence-corrected chi connectivity index (χ0v) is 2.64. The molecular weight excluding hydrogens is 156 g/mol. The first kappa shape index (κ1) is 9.85. The molecule has 0 aliphatic rings. The molecule has 0 bridgehead atoms. The first-order valence-electron chi connectivity index (χ1n) is 1.12. The molecular formula is C3H6O2Sr. The molecule has 2 nitrogen and oxygen atoms in total. The molecule has 0 aliphatic heterocycles. The number of aliphatic carboxylic acids is 1. The van der Waals surface area contributed by atoms with Crippen LogP contribution in [0.5, 0.6) is 0 Å². The Morgan fingerprint density at radius 3 is 2.00 bits per heavy atom. The van der Waals surface area contributed by atoms with Crippen LogP contribution in [0.2, 0.25) is 0 Å². The second kappa shape index (κ2) is 5.69. The quantitative estimate of drug-likeness (QED) is 0.410. The average Bonchev–Trinajstić information content (AvgIpc) is 1.38. The van der Waals surface area contributed by atoms with Crippen LogP contribution in [0.1, 0.15) is 0 Å². The van der Waals surface area contributed by atoms with Gasteiger partial charge in [-0.2, -0.15) is 0 Å². The van der Waals surface area contributed by atoms with E-state index in [9.17, 15) is 4.79 Å². The van der Waals surface area contributed by atoms with E-state index in [2.05, 4.69) is 6.58 Å². The van der Waals surface area contributed by atoms with Gasteiger partial charge in [0.2, 0.25) is 0 Å². The molecule has 1 N–H and O–H groups in total. The maximum atomic E-state index is 9.25. The van der Waals surface area contributed by atoms with Gasteiger partial charge in [0.1, 0.15) is 0 Å². The molecule has 0 fully saturated rings. The van der Waals surface area contributed by atoms with E-state index in [0.717, 1.165) is 6.08 Å². The van der Waals surface area contributed by atoms with Gasteiger partial charge in [0.15, 0.2) is 0 Å². The van der Waals surface area contributed by atoms with Crippen molar-refractivity contribution in [3.8, 4) is 0 Å². The van der Waals surface area contributed by atoms with Crippen LogP contribution in [0.15, 0.2) is 12.7 Å². The van der Waals surface area contributed by atoms with Crippen molar-refractivity contribution in [3.63, 3.8) is 0 Å². The van der Waals surface area contributed by atoms with Gasteiger partial charge in [-0.1, -0.05) is 6.58 Å². The van der Waals surface area contributed by atoms with Crippen molar-refractivity contribution in [1.29, 1.82) is 0 Å². The summed E-state index contributed by atoms with van der Waals surface area (Å²) in [5, 5.41) is 7.60. The summed E-state index contributed by atoms with van der Waals surface area (Å²) in [7, 11) is 0. The fourth-order valence-corrected chi connectivity index (χ4v) is 0. The van der Waals surface area contributed by atoms with Crippen molar-refractivity contribution in [2.24, 2.45) is 0 Å². The van der Waals surface area contributed by atoms with Crippen molar-refractivity contribution in [2.45, 2.75) is 0 Å². The molecule has 0 atom stereocenters. The van der Waals surface area contributed by atoms with E-state index in [1.165, 1.54) is 0 Å². The fourth-order valence-electron chi connectivity index (χ4n) is 0. The van der Waals surface area contributed by atoms with Crippen molar-refractivity contribution in [2.75, 3.05) is 0 Å². The SMILES string of the molecule is C=CC(=O)O.[SrH2]. The van der Waals surface area contributed by atoms with Crippen LogP contribution in [0, 0.1) is 0 Å². The van der Waals surface area contributed by atoms with Gasteiger partial charge in [-0.15, -0.1) is 0 Å². The minimum atomic E-state index is -0.981. The number of carboxylic acid groups (broad SMARTS) is 1. The van der Waals surface area contributed by atoms with Gasteiger partial charge in [-0.05, 0) is 0 Å². The topological polar surface area (TPSA) is 37.3 Å². The van der Waals surface area contributed by atoms with Gasteiger partial charge in [-0.25, -0.2) is 4.79 Å². The van der Waals surface area contributed by atoms with Crippen LogP contribution >= 0.6 is 0 Å². The van der Waals surface area contributed by atoms with Crippen LogP contribution in [0.4, 0.5) is 0 Å². The summed E-state index contributed by atoms with van der Waals surface area (Å²) in [6.07, 6.45) is 0.833. The summed E-state index contributed by atoms with van der Waals surface area (Å²) in [5.74, 6) is -0.981. The predicted octanol–water partition coefficient (Wildman–Crippen LogP) is -0.659. The summed E-state index contributed by atoms with van der Waals surface area (Å²) in [6.45, 7) is 2.96. The molecule has 0 aromatic carbocycles. The molecule has 3 heteroatoms. The molecule has 0 rings (SSSR count). The third kappa shape index (κ3) is 8.83. The van der Waals surface area contributed by atoms with E-state index in [1.807, 2.05) is 0 Å². The van der Waals surface area contributed by atoms with Crippen LogP contribution in [0.3, 0.4) is 0 Å². The van der Waals surface area contributed by atoms with E-state index in [1.54, 1.807) is 0 Å². The van der Waals surface area contributed by atoms with Crippen molar-refractivity contribution in [1.82, 2.24) is 0 Å². The Labute approximate surface area is 73.1 Å². The number of hydrogen-bond acceptors (Lipinski definition) is 1. The standard InChI is InChI=1S/C3H4O2.Sr.2H/c1-2-3(4)5;;;/h2H,1H2,(H,4,5);;;. The Balaban J connectivity index is 0. The predicted molar refractivity (Wildman–Crippen MR) is 26.4 cm³/mol. The Morgan fingerprint density at radius 1 is 1.83 bits per heavy atom. The molecule has 0 unspecified atom stereocenters. The van der Waals surface area contributed by atoms with Crippen LogP contribution in [-0.4, -0.2) is 56.6 Å². The number of carbonyl (C=O) groups is 1. The number of carboxylic acids is 1. The summed E-state index contributed by atoms with van der Waals surface area (Å²) in [6, 6.07) is 0. The molecule has 0 heterocycles. The van der Waals surface area contributed by atoms with Gasteiger partial charge in [0, 0.05) is 6.08 Å². The van der Waals surface area contributed by atoms with Gasteiger partial charge in [0.05, 0.1) is 0 Å². The summed E-state index contributed by atoms with van der Waals surface area (Å²) < 4.78 is 0. The van der Waals surface area contributed by atoms with Gasteiger partial charge in [0.25, 0.3) is 0 Å². The van der Waals surface area contributed by atoms with Crippen molar-refractivity contribution >= 4 is 51.5 Å². The normalized spacial score (nSPS) is 5.33. The third-order valence-electron chi connectivity index (χ3n) is 0.175. The monoisotopic (exact) mass is 162 g/mol. The molecule has 6 heavy (non-hydrogen) atoms. The van der Waals surface area contributed by atoms with Gasteiger partial charge in [-0.3, -0.25) is 0 Å². The minimum absolute atomic E-state index is 0. The molecule has 0 spiro atoms. The Kier molecular flexibility index (Phi) is 9.34. The van der Waals surface area contributed by atoms with Crippen LogP contribution in [0.25, 0.3) is 0 Å². The summed E-state index contributed by atoms with van der Waals surface area (Å²) in [4.78, 5) is 9.25. The van der Waals surface area contributed by atoms with Crippen LogP contribution < -0.4 is 0 Å². The Hall–Kier alpha value is 0.691. The second-order valence-electron chi connectivity index (χ2n) is 0.542. The van der Waals surface area contributed by atoms with E-state index < -0.39 is 5.97 Å². The number of rotatable bonds is 1. The summed E-state index contributed by atoms with van der Waals surface area (Å²) >= 11 is 0. The molecule has 32 valence electrons. The molecule has 0 aromatic heterocycles. The Morgan fingerprint density at radius 2 is 2.00 bits per heavy atom. The van der Waals surface area contributed by atoms with Crippen LogP contribution in [-0.2, 0) is 4.79 Å². The second-order valence-corrected chi connectivity index (χ2v) is 0.542. The number of hydrogen-bond donors (Lipinski definition) is 1. The first-order chi connectivity index (χ1) is 2.27. The molecule has 0 saturated carbocycles. The van der Waals surface area contributed by atoms with Crippen molar-refractivity contribution < 1.29 is 9.90 Å². The average molecular weight is 162 g/mol. The van der Waals surface area contributed by atoms with Gasteiger partial charge < -0.3 is 5.11 Å². The molecule has 0 saturated heterocycles. The van der Waals surface area contributed by atoms with E-state index >= 15 is 0 Å². The molecule has 0 aromatic rings. The molecule has 0 aliphatic carbocycles. The van der Waals surface area contributed by atoms with E-state index in [0.29, 0.717) is 0 Å². The Bertz CT molecular complexity index is 59.8. The van der Waals surface area contributed by atoms with Crippen molar-refractivity contribution in [3.05, 3.63) is 12.7 Å². The maximum absolute atomic E-state index is 9.25. The van der Waals surface area contributed by atoms with E-state index in [4.69, 9.17) is 5.11 Å².